The van der Waals surface area contributed by atoms with Gasteiger partial charge in [0.15, 0.2) is 0 Å². The molecule has 5 nitrogen and oxygen atoms in total. The molecule has 1 heterocycles. The van der Waals surface area contributed by atoms with Crippen molar-refractivity contribution in [3.8, 4) is 5.75 Å². The molecule has 0 bridgehead atoms. The molecule has 6 heteroatoms. The Hall–Kier alpha value is -1.11. The fraction of sp³-hybridized carbons (Fsp3) is 0.647. The average molecular weight is 338 g/mol. The molecule has 1 aromatic carbocycles. The molecule has 1 aliphatic heterocycles. The van der Waals surface area contributed by atoms with E-state index in [0.29, 0.717) is 36.4 Å². The Labute approximate surface area is 139 Å². The Kier molecular flexibility index (Phi) is 5.24. The molecule has 0 unspecified atom stereocenters. The van der Waals surface area contributed by atoms with Gasteiger partial charge in [0.05, 0.1) is 11.5 Å². The van der Waals surface area contributed by atoms with Crippen molar-refractivity contribution in [2.24, 2.45) is 5.92 Å². The third kappa shape index (κ3) is 4.25. The van der Waals surface area contributed by atoms with E-state index >= 15 is 0 Å². The minimum Gasteiger partial charge on any atom is -0.494 e. The van der Waals surface area contributed by atoms with Gasteiger partial charge in [-0.2, -0.15) is 4.31 Å². The lowest BCUT2D eigenvalue weighted by Gasteiger charge is -2.31. The van der Waals surface area contributed by atoms with Gasteiger partial charge in [-0.3, -0.25) is 0 Å². The summed E-state index contributed by atoms with van der Waals surface area (Å²) < 4.78 is 32.6. The maximum atomic E-state index is 12.8. The van der Waals surface area contributed by atoms with E-state index in [-0.39, 0.29) is 0 Å². The van der Waals surface area contributed by atoms with Crippen LogP contribution in [0.1, 0.15) is 32.6 Å². The van der Waals surface area contributed by atoms with Crippen LogP contribution in [-0.2, 0) is 10.0 Å². The topological polar surface area (TPSA) is 58.6 Å². The SMILES string of the molecule is CCOc1cccc(S(=O)(=O)N2CCC(NCC3CC3)CC2)c1. The number of hydrogen-bond donors (Lipinski definition) is 1. The van der Waals surface area contributed by atoms with Crippen molar-refractivity contribution in [3.05, 3.63) is 24.3 Å². The summed E-state index contributed by atoms with van der Waals surface area (Å²) in [7, 11) is -3.42. The lowest BCUT2D eigenvalue weighted by molar-refractivity contribution is 0.287. The van der Waals surface area contributed by atoms with Gasteiger partial charge < -0.3 is 10.1 Å². The van der Waals surface area contributed by atoms with Gasteiger partial charge in [-0.05, 0) is 57.2 Å². The average Bonchev–Trinajstić information content (AvgIpc) is 3.38. The zero-order valence-electron chi connectivity index (χ0n) is 13.7. The van der Waals surface area contributed by atoms with Crippen LogP contribution in [0.15, 0.2) is 29.2 Å². The van der Waals surface area contributed by atoms with Gasteiger partial charge in [0.1, 0.15) is 5.75 Å². The Balaban J connectivity index is 1.60. The smallest absolute Gasteiger partial charge is 0.243 e. The van der Waals surface area contributed by atoms with E-state index in [4.69, 9.17) is 4.74 Å². The fourth-order valence-corrected chi connectivity index (χ4v) is 4.50. The number of nitrogens with zero attached hydrogens (tertiary/aromatic N) is 1. The summed E-state index contributed by atoms with van der Waals surface area (Å²) in [5, 5.41) is 3.58. The molecular weight excluding hydrogens is 312 g/mol. The molecule has 1 N–H and O–H groups in total. The van der Waals surface area contributed by atoms with Crippen molar-refractivity contribution in [2.75, 3.05) is 26.2 Å². The first-order valence-corrected chi connectivity index (χ1v) is 10.00. The van der Waals surface area contributed by atoms with Gasteiger partial charge in [0.25, 0.3) is 0 Å². The van der Waals surface area contributed by atoms with E-state index in [9.17, 15) is 8.42 Å². The molecule has 128 valence electrons. The quantitative estimate of drug-likeness (QED) is 0.828. The number of rotatable bonds is 7. The molecule has 1 aliphatic carbocycles. The maximum Gasteiger partial charge on any atom is 0.243 e. The van der Waals surface area contributed by atoms with Gasteiger partial charge in [-0.15, -0.1) is 0 Å². The number of nitrogens with one attached hydrogen (secondary N) is 1. The van der Waals surface area contributed by atoms with Gasteiger partial charge in [0.2, 0.25) is 10.0 Å². The summed E-state index contributed by atoms with van der Waals surface area (Å²) in [4.78, 5) is 0.327. The van der Waals surface area contributed by atoms with Crippen molar-refractivity contribution in [3.63, 3.8) is 0 Å². The summed E-state index contributed by atoms with van der Waals surface area (Å²) >= 11 is 0. The molecule has 0 amide bonds. The minimum atomic E-state index is -3.42. The van der Waals surface area contributed by atoms with E-state index in [1.807, 2.05) is 6.92 Å². The Morgan fingerprint density at radius 1 is 1.22 bits per heavy atom. The molecular formula is C17H26N2O3S. The summed E-state index contributed by atoms with van der Waals surface area (Å²) in [5.74, 6) is 1.47. The van der Waals surface area contributed by atoms with Crippen LogP contribution in [0.4, 0.5) is 0 Å². The summed E-state index contributed by atoms with van der Waals surface area (Å²) in [6.07, 6.45) is 4.46. The highest BCUT2D eigenvalue weighted by atomic mass is 32.2. The molecule has 23 heavy (non-hydrogen) atoms. The van der Waals surface area contributed by atoms with Crippen LogP contribution in [0.25, 0.3) is 0 Å². The first-order valence-electron chi connectivity index (χ1n) is 8.56. The van der Waals surface area contributed by atoms with Crippen molar-refractivity contribution in [2.45, 2.75) is 43.5 Å². The molecule has 1 saturated carbocycles. The van der Waals surface area contributed by atoms with Crippen LogP contribution in [-0.4, -0.2) is 45.0 Å². The summed E-state index contributed by atoms with van der Waals surface area (Å²) in [5.41, 5.74) is 0. The highest BCUT2D eigenvalue weighted by Gasteiger charge is 2.30. The number of benzene rings is 1. The largest absolute Gasteiger partial charge is 0.494 e. The minimum absolute atomic E-state index is 0.327. The van der Waals surface area contributed by atoms with Crippen LogP contribution < -0.4 is 10.1 Å². The molecule has 2 aliphatic rings. The van der Waals surface area contributed by atoms with Crippen molar-refractivity contribution in [1.82, 2.24) is 9.62 Å². The van der Waals surface area contributed by atoms with E-state index in [2.05, 4.69) is 5.32 Å². The van der Waals surface area contributed by atoms with E-state index in [0.717, 1.165) is 25.3 Å². The van der Waals surface area contributed by atoms with Crippen LogP contribution in [0.5, 0.6) is 5.75 Å². The first kappa shape index (κ1) is 16.7. The number of piperidine rings is 1. The molecule has 0 aromatic heterocycles. The maximum absolute atomic E-state index is 12.8. The first-order chi connectivity index (χ1) is 11.1. The highest BCUT2D eigenvalue weighted by molar-refractivity contribution is 7.89. The van der Waals surface area contributed by atoms with Gasteiger partial charge in [0, 0.05) is 25.2 Å². The predicted octanol–water partition coefficient (Wildman–Crippen LogP) is 2.24. The van der Waals surface area contributed by atoms with Crippen LogP contribution in [0.3, 0.4) is 0 Å². The van der Waals surface area contributed by atoms with Gasteiger partial charge in [-0.1, -0.05) is 6.07 Å². The molecule has 1 saturated heterocycles. The normalized spacial score (nSPS) is 20.6. The number of sulfonamides is 1. The van der Waals surface area contributed by atoms with Crippen molar-refractivity contribution in [1.29, 1.82) is 0 Å². The van der Waals surface area contributed by atoms with E-state index < -0.39 is 10.0 Å². The molecule has 0 radical (unpaired) electrons. The molecule has 3 rings (SSSR count). The lowest BCUT2D eigenvalue weighted by atomic mass is 10.1. The Bertz CT molecular complexity index is 620. The van der Waals surface area contributed by atoms with Crippen LogP contribution in [0.2, 0.25) is 0 Å². The monoisotopic (exact) mass is 338 g/mol. The summed E-state index contributed by atoms with van der Waals surface area (Å²) in [6, 6.07) is 7.25. The van der Waals surface area contributed by atoms with Gasteiger partial charge in [-0.25, -0.2) is 8.42 Å². The van der Waals surface area contributed by atoms with E-state index in [1.165, 1.54) is 12.8 Å². The molecule has 0 atom stereocenters. The Morgan fingerprint density at radius 2 is 1.96 bits per heavy atom. The van der Waals surface area contributed by atoms with Crippen molar-refractivity contribution >= 4 is 10.0 Å². The zero-order chi connectivity index (χ0) is 16.3. The predicted molar refractivity (Wildman–Crippen MR) is 90.1 cm³/mol. The lowest BCUT2D eigenvalue weighted by Crippen LogP contribution is -2.45. The summed E-state index contributed by atoms with van der Waals surface area (Å²) in [6.45, 7) is 4.68. The zero-order valence-corrected chi connectivity index (χ0v) is 14.5. The molecule has 1 aromatic rings. The standard InChI is InChI=1S/C17H26N2O3S/c1-2-22-16-4-3-5-17(12-16)23(20,21)19-10-8-15(9-11-19)18-13-14-6-7-14/h3-5,12,14-15,18H,2,6-11,13H2,1H3. The van der Waals surface area contributed by atoms with Crippen LogP contribution in [0, 0.1) is 5.92 Å². The number of ether oxygens (including phenoxy) is 1. The Morgan fingerprint density at radius 3 is 2.61 bits per heavy atom. The second-order valence-electron chi connectivity index (χ2n) is 6.44. The third-order valence-corrected chi connectivity index (χ3v) is 6.49. The number of hydrogen-bond acceptors (Lipinski definition) is 4. The fourth-order valence-electron chi connectivity index (χ4n) is 3.00. The van der Waals surface area contributed by atoms with Crippen LogP contribution >= 0.6 is 0 Å². The molecule has 2 fully saturated rings. The van der Waals surface area contributed by atoms with Gasteiger partial charge >= 0.3 is 0 Å². The second-order valence-corrected chi connectivity index (χ2v) is 8.38. The van der Waals surface area contributed by atoms with E-state index in [1.54, 1.807) is 28.6 Å². The van der Waals surface area contributed by atoms with Crippen molar-refractivity contribution < 1.29 is 13.2 Å². The highest BCUT2D eigenvalue weighted by Crippen LogP contribution is 2.28. The third-order valence-electron chi connectivity index (χ3n) is 4.60. The second kappa shape index (κ2) is 7.20. The molecule has 0 spiro atoms.